The van der Waals surface area contributed by atoms with Gasteiger partial charge in [-0.2, -0.15) is 0 Å². The minimum Gasteiger partial charge on any atom is -0.370 e. The van der Waals surface area contributed by atoms with E-state index in [2.05, 4.69) is 38.3 Å². The number of morpholine rings is 1. The van der Waals surface area contributed by atoms with E-state index in [1.54, 1.807) is 4.90 Å². The molecule has 126 valence electrons. The number of nitrogens with one attached hydrogen (secondary N) is 2. The minimum absolute atomic E-state index is 0.0154. The van der Waals surface area contributed by atoms with Crippen molar-refractivity contribution in [3.05, 3.63) is 0 Å². The van der Waals surface area contributed by atoms with Gasteiger partial charge >= 0.3 is 6.03 Å². The molecule has 2 N–H and O–H groups in total. The maximum atomic E-state index is 12.3. The van der Waals surface area contributed by atoms with Crippen molar-refractivity contribution >= 4 is 11.9 Å². The van der Waals surface area contributed by atoms with Crippen LogP contribution in [0.25, 0.3) is 0 Å². The molecule has 2 aliphatic rings. The van der Waals surface area contributed by atoms with Crippen LogP contribution in [0.4, 0.5) is 4.79 Å². The van der Waals surface area contributed by atoms with Crippen LogP contribution >= 0.6 is 0 Å². The van der Waals surface area contributed by atoms with Crippen LogP contribution in [-0.2, 0) is 9.53 Å². The second kappa shape index (κ2) is 7.31. The number of fused-ring (bicyclic) bond motifs is 2. The third-order valence-electron chi connectivity index (χ3n) is 4.13. The fourth-order valence-electron chi connectivity index (χ4n) is 2.94. The van der Waals surface area contributed by atoms with Crippen molar-refractivity contribution in [2.75, 3.05) is 26.2 Å². The lowest BCUT2D eigenvalue weighted by molar-refractivity contribution is -0.127. The number of urea groups is 1. The maximum Gasteiger partial charge on any atom is 0.317 e. The summed E-state index contributed by atoms with van der Waals surface area (Å²) in [5.74, 6) is 0.789. The molecule has 3 atom stereocenters. The van der Waals surface area contributed by atoms with E-state index in [1.165, 1.54) is 0 Å². The first kappa shape index (κ1) is 17.1. The van der Waals surface area contributed by atoms with Gasteiger partial charge in [0.05, 0.1) is 18.1 Å². The molecule has 2 aliphatic heterocycles. The molecule has 2 fully saturated rings. The Morgan fingerprint density at radius 1 is 1.09 bits per heavy atom. The summed E-state index contributed by atoms with van der Waals surface area (Å²) in [5, 5.41) is 5.92. The van der Waals surface area contributed by atoms with Gasteiger partial charge < -0.3 is 20.3 Å². The first-order valence-corrected chi connectivity index (χ1v) is 8.32. The summed E-state index contributed by atoms with van der Waals surface area (Å²) < 4.78 is 5.86. The molecule has 0 saturated carbocycles. The van der Waals surface area contributed by atoms with E-state index in [0.717, 1.165) is 0 Å². The quantitative estimate of drug-likeness (QED) is 0.802. The second-order valence-electron chi connectivity index (χ2n) is 7.26. The average Bonchev–Trinajstić information content (AvgIpc) is 2.76. The van der Waals surface area contributed by atoms with Crippen molar-refractivity contribution in [3.63, 3.8) is 0 Å². The molecule has 0 aromatic heterocycles. The molecule has 22 heavy (non-hydrogen) atoms. The van der Waals surface area contributed by atoms with Crippen molar-refractivity contribution in [2.24, 2.45) is 17.8 Å². The highest BCUT2D eigenvalue weighted by molar-refractivity contribution is 5.80. The van der Waals surface area contributed by atoms with E-state index in [-0.39, 0.29) is 30.1 Å². The predicted octanol–water partition coefficient (Wildman–Crippen LogP) is 1.21. The summed E-state index contributed by atoms with van der Waals surface area (Å²) in [4.78, 5) is 26.2. The van der Waals surface area contributed by atoms with Gasteiger partial charge in [-0.15, -0.1) is 0 Å². The summed E-state index contributed by atoms with van der Waals surface area (Å²) in [6.07, 6.45) is 0.525. The SMILES string of the molecule is CC(C)CNC(=O)[C@@H]1C[C@H]2CN(C(=O)NCC(C)C)C[C@@H]1O2. The van der Waals surface area contributed by atoms with Crippen molar-refractivity contribution in [2.45, 2.75) is 46.3 Å². The average molecular weight is 311 g/mol. The summed E-state index contributed by atoms with van der Waals surface area (Å²) >= 11 is 0. The Labute approximate surface area is 132 Å². The normalized spacial score (nSPS) is 27.4. The fraction of sp³-hybridized carbons (Fsp3) is 0.875. The maximum absolute atomic E-state index is 12.3. The zero-order chi connectivity index (χ0) is 16.3. The molecule has 6 nitrogen and oxygen atoms in total. The first-order chi connectivity index (χ1) is 10.4. The van der Waals surface area contributed by atoms with Gasteiger partial charge in [0.2, 0.25) is 5.91 Å². The van der Waals surface area contributed by atoms with E-state index in [4.69, 9.17) is 4.74 Å². The largest absolute Gasteiger partial charge is 0.370 e. The second-order valence-corrected chi connectivity index (χ2v) is 7.26. The number of hydrogen-bond acceptors (Lipinski definition) is 3. The van der Waals surface area contributed by atoms with Crippen LogP contribution in [0.2, 0.25) is 0 Å². The van der Waals surface area contributed by atoms with Gasteiger partial charge in [-0.05, 0) is 18.3 Å². The Hall–Kier alpha value is -1.30. The molecule has 2 heterocycles. The molecule has 3 amide bonds. The zero-order valence-electron chi connectivity index (χ0n) is 14.1. The lowest BCUT2D eigenvalue weighted by Crippen LogP contribution is -2.51. The van der Waals surface area contributed by atoms with Crippen LogP contribution in [0.3, 0.4) is 0 Å². The lowest BCUT2D eigenvalue weighted by Gasteiger charge is -2.33. The van der Waals surface area contributed by atoms with Gasteiger partial charge in [-0.1, -0.05) is 27.7 Å². The van der Waals surface area contributed by atoms with Gasteiger partial charge in [0.25, 0.3) is 0 Å². The Morgan fingerprint density at radius 3 is 2.36 bits per heavy atom. The summed E-state index contributed by atoms with van der Waals surface area (Å²) in [6.45, 7) is 10.7. The monoisotopic (exact) mass is 311 g/mol. The number of likely N-dealkylation sites (tertiary alicyclic amines) is 1. The number of amides is 3. The number of carbonyl (C=O) groups is 2. The van der Waals surface area contributed by atoms with Crippen LogP contribution in [0, 0.1) is 17.8 Å². The smallest absolute Gasteiger partial charge is 0.317 e. The third-order valence-corrected chi connectivity index (χ3v) is 4.13. The first-order valence-electron chi connectivity index (χ1n) is 8.32. The number of ether oxygens (including phenoxy) is 1. The Kier molecular flexibility index (Phi) is 5.67. The van der Waals surface area contributed by atoms with Crippen molar-refractivity contribution in [1.29, 1.82) is 0 Å². The van der Waals surface area contributed by atoms with E-state index in [9.17, 15) is 9.59 Å². The molecule has 0 aliphatic carbocycles. The molecule has 2 saturated heterocycles. The van der Waals surface area contributed by atoms with E-state index in [1.807, 2.05) is 0 Å². The number of nitrogens with zero attached hydrogens (tertiary/aromatic N) is 1. The van der Waals surface area contributed by atoms with Crippen LogP contribution in [-0.4, -0.2) is 55.2 Å². The van der Waals surface area contributed by atoms with Crippen molar-refractivity contribution in [1.82, 2.24) is 15.5 Å². The van der Waals surface area contributed by atoms with Crippen LogP contribution in [0.1, 0.15) is 34.1 Å². The highest BCUT2D eigenvalue weighted by Crippen LogP contribution is 2.32. The third kappa shape index (κ3) is 4.35. The molecule has 6 heteroatoms. The van der Waals surface area contributed by atoms with Gasteiger partial charge in [0.1, 0.15) is 0 Å². The van der Waals surface area contributed by atoms with Crippen molar-refractivity contribution < 1.29 is 14.3 Å². The number of rotatable bonds is 5. The molecule has 0 aromatic carbocycles. The molecule has 2 rings (SSSR count). The molecule has 0 radical (unpaired) electrons. The van der Waals surface area contributed by atoms with Crippen LogP contribution in [0.15, 0.2) is 0 Å². The molecule has 0 aromatic rings. The number of hydrogen-bond donors (Lipinski definition) is 2. The number of carbonyl (C=O) groups excluding carboxylic acids is 2. The summed E-state index contributed by atoms with van der Waals surface area (Å²) in [5.41, 5.74) is 0. The molecule has 2 bridgehead atoms. The van der Waals surface area contributed by atoms with E-state index >= 15 is 0 Å². The van der Waals surface area contributed by atoms with Crippen LogP contribution < -0.4 is 10.6 Å². The standard InChI is InChI=1S/C16H29N3O3/c1-10(2)6-17-15(20)13-5-12-8-19(9-14(13)22-12)16(21)18-7-11(3)4/h10-14H,5-9H2,1-4H3,(H,17,20)(H,18,21)/t12-,13+,14-/m0/s1. The molecule has 0 spiro atoms. The minimum atomic E-state index is -0.171. The van der Waals surface area contributed by atoms with E-state index < -0.39 is 0 Å². The topological polar surface area (TPSA) is 70.7 Å². The fourth-order valence-corrected chi connectivity index (χ4v) is 2.94. The zero-order valence-corrected chi connectivity index (χ0v) is 14.1. The lowest BCUT2D eigenvalue weighted by atomic mass is 9.99. The Bertz CT molecular complexity index is 409. The summed E-state index contributed by atoms with van der Waals surface area (Å²) in [7, 11) is 0. The van der Waals surface area contributed by atoms with Gasteiger partial charge in [-0.25, -0.2) is 4.79 Å². The van der Waals surface area contributed by atoms with E-state index in [0.29, 0.717) is 44.4 Å². The molecular weight excluding hydrogens is 282 g/mol. The van der Waals surface area contributed by atoms with Gasteiger partial charge in [0, 0.05) is 26.2 Å². The Morgan fingerprint density at radius 2 is 1.73 bits per heavy atom. The van der Waals surface area contributed by atoms with Gasteiger partial charge in [-0.3, -0.25) is 4.79 Å². The van der Waals surface area contributed by atoms with Gasteiger partial charge in [0.15, 0.2) is 0 Å². The van der Waals surface area contributed by atoms with Crippen LogP contribution in [0.5, 0.6) is 0 Å². The predicted molar refractivity (Wildman–Crippen MR) is 84.4 cm³/mol. The highest BCUT2D eigenvalue weighted by Gasteiger charge is 2.45. The van der Waals surface area contributed by atoms with Crippen molar-refractivity contribution in [3.8, 4) is 0 Å². The summed E-state index contributed by atoms with van der Waals surface area (Å²) in [6, 6.07) is -0.0461. The Balaban J connectivity index is 1.86. The highest BCUT2D eigenvalue weighted by atomic mass is 16.5. The molecular formula is C16H29N3O3. The molecule has 0 unspecified atom stereocenters.